The Bertz CT molecular complexity index is 3540. The summed E-state index contributed by atoms with van der Waals surface area (Å²) in [5.74, 6) is 0.186. The van der Waals surface area contributed by atoms with Gasteiger partial charge in [-0.05, 0) is 129 Å². The molecule has 0 saturated heterocycles. The molecule has 0 radical (unpaired) electrons. The Morgan fingerprint density at radius 3 is 1.38 bits per heavy atom. The van der Waals surface area contributed by atoms with E-state index in [-0.39, 0.29) is 11.3 Å². The van der Waals surface area contributed by atoms with E-state index < -0.39 is 0 Å². The van der Waals surface area contributed by atoms with Crippen LogP contribution in [-0.4, -0.2) is 0 Å². The third-order valence-electron chi connectivity index (χ3n) is 14.6. The van der Waals surface area contributed by atoms with Gasteiger partial charge in [0.1, 0.15) is 0 Å². The highest BCUT2D eigenvalue weighted by Crippen LogP contribution is 2.63. The SMILES string of the molecule is c1ccc2c(c1)-c1ccccc1C21c2ccccc2-c2cccc(CCC(c3ccc(-c4cccc5ccccc45)cc3)c3ccc(-c4cccc5c4ccc4ccccc45)cc3)c21. The first kappa shape index (κ1) is 36.8. The molecule has 0 bridgehead atoms. The molecule has 0 heteroatoms. The van der Waals surface area contributed by atoms with Gasteiger partial charge in [-0.2, -0.15) is 0 Å². The van der Waals surface area contributed by atoms with Crippen LogP contribution in [0.25, 0.3) is 76.8 Å². The molecule has 0 fully saturated rings. The molecule has 0 aliphatic heterocycles. The van der Waals surface area contributed by atoms with Gasteiger partial charge < -0.3 is 0 Å². The zero-order valence-corrected chi connectivity index (χ0v) is 35.5. The van der Waals surface area contributed by atoms with Crippen molar-refractivity contribution in [2.75, 3.05) is 0 Å². The zero-order chi connectivity index (χ0) is 42.2. The Balaban J connectivity index is 0.930. The van der Waals surface area contributed by atoms with E-state index in [1.807, 2.05) is 0 Å². The smallest absolute Gasteiger partial charge is 0.0619 e. The fraction of sp³-hybridized carbons (Fsp3) is 0.0625. The quantitative estimate of drug-likeness (QED) is 0.141. The van der Waals surface area contributed by atoms with E-state index in [1.54, 1.807) is 0 Å². The van der Waals surface area contributed by atoms with Gasteiger partial charge in [-0.3, -0.25) is 0 Å². The summed E-state index contributed by atoms with van der Waals surface area (Å²) < 4.78 is 0. The molecule has 2 aliphatic rings. The topological polar surface area (TPSA) is 0 Å². The van der Waals surface area contributed by atoms with Gasteiger partial charge in [-0.25, -0.2) is 0 Å². The van der Waals surface area contributed by atoms with Gasteiger partial charge in [0.15, 0.2) is 0 Å². The summed E-state index contributed by atoms with van der Waals surface area (Å²) in [5.41, 5.74) is 19.8. The molecule has 0 amide bonds. The first-order valence-electron chi connectivity index (χ1n) is 22.8. The lowest BCUT2D eigenvalue weighted by Crippen LogP contribution is -2.27. The molecule has 0 nitrogen and oxygen atoms in total. The first-order chi connectivity index (χ1) is 31.8. The molecule has 0 N–H and O–H groups in total. The second-order valence-corrected chi connectivity index (χ2v) is 17.8. The average molecular weight is 813 g/mol. The maximum absolute atomic E-state index is 2.42. The number of benzene rings is 11. The molecule has 300 valence electrons. The summed E-state index contributed by atoms with van der Waals surface area (Å²) in [5, 5.41) is 7.71. The molecular weight excluding hydrogens is 769 g/mol. The Morgan fingerprint density at radius 1 is 0.297 bits per heavy atom. The van der Waals surface area contributed by atoms with Crippen LogP contribution in [0.3, 0.4) is 0 Å². The first-order valence-corrected chi connectivity index (χ1v) is 22.8. The lowest BCUT2D eigenvalue weighted by molar-refractivity contribution is 0.698. The van der Waals surface area contributed by atoms with Gasteiger partial charge in [0, 0.05) is 5.92 Å². The van der Waals surface area contributed by atoms with E-state index >= 15 is 0 Å². The van der Waals surface area contributed by atoms with Crippen LogP contribution in [0.2, 0.25) is 0 Å². The van der Waals surface area contributed by atoms with E-state index in [2.05, 4.69) is 237 Å². The molecule has 1 unspecified atom stereocenters. The highest BCUT2D eigenvalue weighted by Gasteiger charge is 2.52. The van der Waals surface area contributed by atoms with Crippen LogP contribution >= 0.6 is 0 Å². The lowest BCUT2D eigenvalue weighted by Gasteiger charge is -2.32. The fourth-order valence-electron chi connectivity index (χ4n) is 11.8. The third-order valence-corrected chi connectivity index (χ3v) is 14.6. The Hall–Kier alpha value is -7.80. The van der Waals surface area contributed by atoms with Crippen LogP contribution in [0, 0.1) is 0 Å². The number of fused-ring (bicyclic) bond motifs is 14. The summed E-state index contributed by atoms with van der Waals surface area (Å²) in [6.07, 6.45) is 1.91. The van der Waals surface area contributed by atoms with E-state index in [0.29, 0.717) is 0 Å². The second-order valence-electron chi connectivity index (χ2n) is 17.8. The van der Waals surface area contributed by atoms with Crippen molar-refractivity contribution in [3.05, 3.63) is 276 Å². The van der Waals surface area contributed by atoms with Crippen molar-refractivity contribution >= 4 is 32.3 Å². The Kier molecular flexibility index (Phi) is 8.43. The largest absolute Gasteiger partial charge is 0.0728 e. The lowest BCUT2D eigenvalue weighted by atomic mass is 9.68. The van der Waals surface area contributed by atoms with E-state index in [9.17, 15) is 0 Å². The number of hydrogen-bond donors (Lipinski definition) is 0. The minimum absolute atomic E-state index is 0.186. The van der Waals surface area contributed by atoms with Crippen LogP contribution in [-0.2, 0) is 11.8 Å². The zero-order valence-electron chi connectivity index (χ0n) is 35.5. The maximum atomic E-state index is 2.42. The van der Waals surface area contributed by atoms with Crippen LogP contribution in [0.5, 0.6) is 0 Å². The number of hydrogen-bond acceptors (Lipinski definition) is 0. The molecule has 11 aromatic rings. The predicted molar refractivity (Wildman–Crippen MR) is 269 cm³/mol. The van der Waals surface area contributed by atoms with Crippen LogP contribution < -0.4 is 0 Å². The third kappa shape index (κ3) is 5.49. The Morgan fingerprint density at radius 2 is 0.734 bits per heavy atom. The van der Waals surface area contributed by atoms with Gasteiger partial charge in [-0.1, -0.05) is 237 Å². The van der Waals surface area contributed by atoms with Gasteiger partial charge >= 0.3 is 0 Å². The number of rotatable bonds is 7. The van der Waals surface area contributed by atoms with Crippen molar-refractivity contribution in [3.8, 4) is 44.5 Å². The summed E-state index contributed by atoms with van der Waals surface area (Å²) in [7, 11) is 0. The van der Waals surface area contributed by atoms with E-state index in [1.165, 1.54) is 116 Å². The second kappa shape index (κ2) is 14.7. The standard InChI is InChI=1S/C64H44/c1-3-18-50-42(14-1)16-11-23-51(50)46-34-30-44(31-35-46)49(45-32-36-47(37-33-45)53-24-13-25-54-52-19-4-2-15-43(52)38-41-55(53)54)40-39-48-17-12-26-59-58-22-7-10-29-62(58)64(63(48)59)60-27-8-5-20-56(60)57-21-6-9-28-61(57)64/h1-38,41,49H,39-40H2. The normalized spacial score (nSPS) is 13.5. The van der Waals surface area contributed by atoms with Gasteiger partial charge in [0.2, 0.25) is 0 Å². The maximum Gasteiger partial charge on any atom is 0.0728 e. The van der Waals surface area contributed by atoms with Crippen molar-refractivity contribution in [3.63, 3.8) is 0 Å². The van der Waals surface area contributed by atoms with Crippen molar-refractivity contribution in [1.82, 2.24) is 0 Å². The van der Waals surface area contributed by atoms with Crippen LogP contribution in [0.15, 0.2) is 237 Å². The van der Waals surface area contributed by atoms with Crippen molar-refractivity contribution in [2.24, 2.45) is 0 Å². The van der Waals surface area contributed by atoms with Crippen LogP contribution in [0.4, 0.5) is 0 Å². The summed E-state index contributed by atoms with van der Waals surface area (Å²) in [6.45, 7) is 0. The molecule has 2 aliphatic carbocycles. The molecule has 0 heterocycles. The molecule has 1 spiro atoms. The molecule has 1 atom stereocenters. The summed E-state index contributed by atoms with van der Waals surface area (Å²) >= 11 is 0. The molecule has 0 aromatic heterocycles. The molecule has 13 rings (SSSR count). The van der Waals surface area contributed by atoms with E-state index in [0.717, 1.165) is 12.8 Å². The highest BCUT2D eigenvalue weighted by atomic mass is 14.5. The molecule has 0 saturated carbocycles. The molecular formula is C64H44. The van der Waals surface area contributed by atoms with Crippen LogP contribution in [0.1, 0.15) is 51.3 Å². The minimum atomic E-state index is -0.364. The van der Waals surface area contributed by atoms with Gasteiger partial charge in [-0.15, -0.1) is 0 Å². The average Bonchev–Trinajstić information content (AvgIpc) is 3.84. The summed E-state index contributed by atoms with van der Waals surface area (Å²) in [4.78, 5) is 0. The van der Waals surface area contributed by atoms with Crippen molar-refractivity contribution in [1.29, 1.82) is 0 Å². The minimum Gasteiger partial charge on any atom is -0.0619 e. The molecule has 11 aromatic carbocycles. The van der Waals surface area contributed by atoms with Crippen molar-refractivity contribution in [2.45, 2.75) is 24.2 Å². The molecule has 64 heavy (non-hydrogen) atoms. The number of aryl methyl sites for hydroxylation is 1. The monoisotopic (exact) mass is 812 g/mol. The summed E-state index contributed by atoms with van der Waals surface area (Å²) in [6, 6.07) is 88.9. The van der Waals surface area contributed by atoms with Gasteiger partial charge in [0.05, 0.1) is 5.41 Å². The predicted octanol–water partition coefficient (Wildman–Crippen LogP) is 16.6. The van der Waals surface area contributed by atoms with E-state index in [4.69, 9.17) is 0 Å². The van der Waals surface area contributed by atoms with Gasteiger partial charge in [0.25, 0.3) is 0 Å². The Labute approximate surface area is 374 Å². The fourth-order valence-corrected chi connectivity index (χ4v) is 11.8. The highest BCUT2D eigenvalue weighted by molar-refractivity contribution is 6.12. The van der Waals surface area contributed by atoms with Crippen molar-refractivity contribution < 1.29 is 0 Å².